The van der Waals surface area contributed by atoms with Crippen LogP contribution in [0.5, 0.6) is 5.75 Å². The molecule has 0 unspecified atom stereocenters. The molecule has 1 aromatic carbocycles. The third-order valence-corrected chi connectivity index (χ3v) is 3.99. The molecule has 13 heteroatoms. The van der Waals surface area contributed by atoms with E-state index < -0.39 is 18.0 Å². The van der Waals surface area contributed by atoms with E-state index in [9.17, 15) is 22.0 Å². The van der Waals surface area contributed by atoms with Gasteiger partial charge in [-0.3, -0.25) is 0 Å². The van der Waals surface area contributed by atoms with Crippen LogP contribution in [0.1, 0.15) is 18.4 Å². The molecular formula is C15H18Cl2F5N5O. The Bertz CT molecular complexity index is 732. The van der Waals surface area contributed by atoms with Crippen molar-refractivity contribution < 1.29 is 26.7 Å². The van der Waals surface area contributed by atoms with E-state index >= 15 is 0 Å². The summed E-state index contributed by atoms with van der Waals surface area (Å²) >= 11 is 5.74. The number of hydrogen-bond donors (Lipinski definition) is 2. The molecule has 1 fully saturated rings. The average Bonchev–Trinajstić information content (AvgIpc) is 2.54. The Morgan fingerprint density at radius 2 is 1.82 bits per heavy atom. The van der Waals surface area contributed by atoms with E-state index in [4.69, 9.17) is 23.1 Å². The lowest BCUT2D eigenvalue weighted by molar-refractivity contribution is -0.274. The molecule has 0 aliphatic carbocycles. The van der Waals surface area contributed by atoms with E-state index in [-0.39, 0.29) is 61.8 Å². The summed E-state index contributed by atoms with van der Waals surface area (Å²) in [7, 11) is 0. The molecule has 6 nitrogen and oxygen atoms in total. The zero-order chi connectivity index (χ0) is 20.2. The van der Waals surface area contributed by atoms with Gasteiger partial charge in [-0.25, -0.2) is 13.8 Å². The molecule has 0 radical (unpaired) electrons. The van der Waals surface area contributed by atoms with Crippen LogP contribution < -0.4 is 16.2 Å². The number of hydrogen-bond acceptors (Lipinski definition) is 2. The summed E-state index contributed by atoms with van der Waals surface area (Å²) in [6.07, 6.45) is -5.51. The highest BCUT2D eigenvalue weighted by molar-refractivity contribution is 6.32. The predicted octanol–water partition coefficient (Wildman–Crippen LogP) is 3.52. The lowest BCUT2D eigenvalue weighted by atomic mass is 10.1. The van der Waals surface area contributed by atoms with Crippen LogP contribution >= 0.6 is 24.0 Å². The zero-order valence-electron chi connectivity index (χ0n) is 14.3. The van der Waals surface area contributed by atoms with Gasteiger partial charge < -0.3 is 21.1 Å². The molecule has 0 amide bonds. The SMILES string of the molecule is Cl.NC(=NCc1ccc(OC(F)(F)F)c(Cl)c1)N=C(N)N1CCC(F)(F)CC1. The van der Waals surface area contributed by atoms with Gasteiger partial charge in [0.15, 0.2) is 5.96 Å². The summed E-state index contributed by atoms with van der Waals surface area (Å²) < 4.78 is 66.6. The highest BCUT2D eigenvalue weighted by Crippen LogP contribution is 2.31. The third-order valence-electron chi connectivity index (χ3n) is 3.69. The average molecular weight is 450 g/mol. The fraction of sp³-hybridized carbons (Fsp3) is 0.467. The maximum absolute atomic E-state index is 13.1. The lowest BCUT2D eigenvalue weighted by Crippen LogP contribution is -2.46. The van der Waals surface area contributed by atoms with Gasteiger partial charge in [0.25, 0.3) is 5.92 Å². The smallest absolute Gasteiger partial charge is 0.404 e. The van der Waals surface area contributed by atoms with Crippen molar-refractivity contribution in [3.63, 3.8) is 0 Å². The van der Waals surface area contributed by atoms with Crippen molar-refractivity contribution in [1.29, 1.82) is 0 Å². The number of benzene rings is 1. The second-order valence-corrected chi connectivity index (χ2v) is 6.21. The summed E-state index contributed by atoms with van der Waals surface area (Å²) in [4.78, 5) is 9.25. The topological polar surface area (TPSA) is 89.2 Å². The van der Waals surface area contributed by atoms with E-state index in [1.165, 1.54) is 17.0 Å². The molecule has 1 saturated heterocycles. The number of halogens is 7. The summed E-state index contributed by atoms with van der Waals surface area (Å²) in [5, 5.41) is -0.240. The molecule has 2 rings (SSSR count). The van der Waals surface area contributed by atoms with Crippen LogP contribution in [0, 0.1) is 0 Å². The van der Waals surface area contributed by atoms with Gasteiger partial charge in [0, 0.05) is 25.9 Å². The molecule has 158 valence electrons. The number of guanidine groups is 2. The maximum Gasteiger partial charge on any atom is 0.573 e. The molecule has 28 heavy (non-hydrogen) atoms. The first-order chi connectivity index (χ1) is 12.5. The Labute approximate surface area is 168 Å². The lowest BCUT2D eigenvalue weighted by Gasteiger charge is -2.32. The van der Waals surface area contributed by atoms with Crippen molar-refractivity contribution in [2.45, 2.75) is 31.7 Å². The summed E-state index contributed by atoms with van der Waals surface area (Å²) in [6, 6.07) is 3.64. The summed E-state index contributed by atoms with van der Waals surface area (Å²) in [5.74, 6) is -3.47. The van der Waals surface area contributed by atoms with Gasteiger partial charge in [0.05, 0.1) is 11.6 Å². The molecule has 1 heterocycles. The Morgan fingerprint density at radius 3 is 2.36 bits per heavy atom. The quantitative estimate of drug-likeness (QED) is 0.419. The van der Waals surface area contributed by atoms with Crippen molar-refractivity contribution in [1.82, 2.24) is 4.90 Å². The van der Waals surface area contributed by atoms with Crippen molar-refractivity contribution in [2.75, 3.05) is 13.1 Å². The molecule has 0 saturated carbocycles. The van der Waals surface area contributed by atoms with Crippen LogP contribution in [-0.4, -0.2) is 42.2 Å². The molecule has 0 atom stereocenters. The van der Waals surface area contributed by atoms with Gasteiger partial charge >= 0.3 is 6.36 Å². The van der Waals surface area contributed by atoms with Crippen LogP contribution in [-0.2, 0) is 6.54 Å². The largest absolute Gasteiger partial charge is 0.573 e. The van der Waals surface area contributed by atoms with Crippen LogP contribution in [0.4, 0.5) is 22.0 Å². The number of nitrogens with two attached hydrogens (primary N) is 2. The fourth-order valence-corrected chi connectivity index (χ4v) is 2.55. The molecule has 4 N–H and O–H groups in total. The summed E-state index contributed by atoms with van der Waals surface area (Å²) in [6.45, 7) is 0.0739. The zero-order valence-corrected chi connectivity index (χ0v) is 15.9. The van der Waals surface area contributed by atoms with E-state index in [0.717, 1.165) is 6.07 Å². The van der Waals surface area contributed by atoms with Gasteiger partial charge in [-0.2, -0.15) is 4.99 Å². The Balaban J connectivity index is 0.00000392. The second kappa shape index (κ2) is 9.46. The number of ether oxygens (including phenoxy) is 1. The van der Waals surface area contributed by atoms with Crippen molar-refractivity contribution >= 4 is 35.9 Å². The van der Waals surface area contributed by atoms with Crippen molar-refractivity contribution in [2.24, 2.45) is 21.5 Å². The normalized spacial score (nSPS) is 17.9. The Hall–Kier alpha value is -2.01. The van der Waals surface area contributed by atoms with Crippen LogP contribution in [0.2, 0.25) is 5.02 Å². The monoisotopic (exact) mass is 449 g/mol. The van der Waals surface area contributed by atoms with Gasteiger partial charge in [-0.15, -0.1) is 25.6 Å². The van der Waals surface area contributed by atoms with Crippen molar-refractivity contribution in [3.05, 3.63) is 28.8 Å². The first-order valence-electron chi connectivity index (χ1n) is 7.76. The van der Waals surface area contributed by atoms with Gasteiger partial charge in [-0.1, -0.05) is 17.7 Å². The minimum absolute atomic E-state index is 0. The third kappa shape index (κ3) is 7.55. The minimum Gasteiger partial charge on any atom is -0.404 e. The number of alkyl halides is 5. The van der Waals surface area contributed by atoms with Crippen molar-refractivity contribution in [3.8, 4) is 5.75 Å². The molecule has 1 aliphatic rings. The number of likely N-dealkylation sites (tertiary alicyclic amines) is 1. The minimum atomic E-state index is -4.85. The standard InChI is InChI=1S/C15H17ClF5N5O.ClH/c16-10-7-9(1-2-11(10)27-15(19,20)21)8-24-12(22)25-13(23)26-5-3-14(17,18)4-6-26;/h1-2,7H,3-6,8H2,(H4,22,23,24,25);1H. The number of nitrogens with zero attached hydrogens (tertiary/aromatic N) is 3. The highest BCUT2D eigenvalue weighted by atomic mass is 35.5. The number of aliphatic imine (C=N–C) groups is 2. The van der Waals surface area contributed by atoms with E-state index in [0.29, 0.717) is 5.56 Å². The Morgan fingerprint density at radius 1 is 1.21 bits per heavy atom. The van der Waals surface area contributed by atoms with E-state index in [1.54, 1.807) is 0 Å². The van der Waals surface area contributed by atoms with E-state index in [2.05, 4.69) is 14.7 Å². The van der Waals surface area contributed by atoms with E-state index in [1.807, 2.05) is 0 Å². The molecule has 0 spiro atoms. The maximum atomic E-state index is 13.1. The first-order valence-corrected chi connectivity index (χ1v) is 8.14. The van der Waals surface area contributed by atoms with Crippen LogP contribution in [0.25, 0.3) is 0 Å². The summed E-state index contributed by atoms with van der Waals surface area (Å²) in [5.41, 5.74) is 11.8. The van der Waals surface area contributed by atoms with Gasteiger partial charge in [0.1, 0.15) is 5.75 Å². The predicted molar refractivity (Wildman–Crippen MR) is 98.1 cm³/mol. The molecule has 1 aliphatic heterocycles. The Kier molecular flexibility index (Phi) is 8.12. The van der Waals surface area contributed by atoms with Gasteiger partial charge in [-0.05, 0) is 17.7 Å². The number of rotatable bonds is 3. The van der Waals surface area contributed by atoms with Crippen LogP contribution in [0.15, 0.2) is 28.2 Å². The highest BCUT2D eigenvalue weighted by Gasteiger charge is 2.34. The second-order valence-electron chi connectivity index (χ2n) is 5.80. The number of piperidine rings is 1. The fourth-order valence-electron chi connectivity index (χ4n) is 2.31. The first kappa shape index (κ1) is 24.0. The molecule has 1 aromatic rings. The molecular weight excluding hydrogens is 432 g/mol. The molecule has 0 aromatic heterocycles. The van der Waals surface area contributed by atoms with Crippen LogP contribution in [0.3, 0.4) is 0 Å². The van der Waals surface area contributed by atoms with Gasteiger partial charge in [0.2, 0.25) is 5.96 Å². The molecule has 0 bridgehead atoms.